The van der Waals surface area contributed by atoms with Crippen LogP contribution in [-0.4, -0.2) is 40.9 Å². The minimum Gasteiger partial charge on any atom is -0.339 e. The highest BCUT2D eigenvalue weighted by atomic mass is 32.2. The van der Waals surface area contributed by atoms with Crippen LogP contribution in [0.1, 0.15) is 11.8 Å². The summed E-state index contributed by atoms with van der Waals surface area (Å²) in [5, 5.41) is 14.8. The maximum Gasteiger partial charge on any atom is 0.270 e. The number of nitrogens with zero attached hydrogens (tertiary/aromatic N) is 4. The van der Waals surface area contributed by atoms with Gasteiger partial charge in [0.1, 0.15) is 0 Å². The van der Waals surface area contributed by atoms with Crippen molar-refractivity contribution in [3.8, 4) is 11.4 Å². The topological polar surface area (TPSA) is 119 Å². The number of hydrogen-bond donors (Lipinski definition) is 0. The van der Waals surface area contributed by atoms with Crippen LogP contribution in [-0.2, 0) is 10.0 Å². The highest BCUT2D eigenvalue weighted by molar-refractivity contribution is 7.89. The molecule has 1 aliphatic heterocycles. The SMILES string of the molecule is O=[N+]([O-])c1cccc(S(=O)(=O)N2CC(c3nc(-c4ccccc4)no3)C2)c1. The first-order chi connectivity index (χ1) is 12.9. The largest absolute Gasteiger partial charge is 0.339 e. The average Bonchev–Trinajstić information content (AvgIpc) is 3.10. The van der Waals surface area contributed by atoms with E-state index in [0.717, 1.165) is 11.6 Å². The summed E-state index contributed by atoms with van der Waals surface area (Å²) in [5.41, 5.74) is 0.547. The fourth-order valence-corrected chi connectivity index (χ4v) is 4.37. The van der Waals surface area contributed by atoms with E-state index in [2.05, 4.69) is 10.1 Å². The lowest BCUT2D eigenvalue weighted by molar-refractivity contribution is -0.385. The fraction of sp³-hybridized carbons (Fsp3) is 0.176. The first kappa shape index (κ1) is 17.3. The summed E-state index contributed by atoms with van der Waals surface area (Å²) in [6.45, 7) is 0.364. The van der Waals surface area contributed by atoms with Crippen molar-refractivity contribution in [2.75, 3.05) is 13.1 Å². The molecule has 0 aliphatic carbocycles. The lowest BCUT2D eigenvalue weighted by atomic mass is 10.0. The summed E-state index contributed by atoms with van der Waals surface area (Å²) < 4.78 is 31.8. The number of benzene rings is 2. The van der Waals surface area contributed by atoms with Crippen LogP contribution in [0.4, 0.5) is 5.69 Å². The van der Waals surface area contributed by atoms with Crippen LogP contribution in [0.25, 0.3) is 11.4 Å². The molecule has 138 valence electrons. The normalized spacial score (nSPS) is 15.4. The van der Waals surface area contributed by atoms with Gasteiger partial charge in [0, 0.05) is 30.8 Å². The third-order valence-electron chi connectivity index (χ3n) is 4.34. The number of sulfonamides is 1. The van der Waals surface area contributed by atoms with E-state index in [1.807, 2.05) is 30.3 Å². The van der Waals surface area contributed by atoms with Gasteiger partial charge in [0.15, 0.2) is 0 Å². The smallest absolute Gasteiger partial charge is 0.270 e. The van der Waals surface area contributed by atoms with E-state index < -0.39 is 14.9 Å². The quantitative estimate of drug-likeness (QED) is 0.488. The molecule has 0 amide bonds. The summed E-state index contributed by atoms with van der Waals surface area (Å²) in [6.07, 6.45) is 0. The molecule has 0 unspecified atom stereocenters. The molecule has 2 aromatic carbocycles. The molecule has 1 aliphatic rings. The summed E-state index contributed by atoms with van der Waals surface area (Å²) in [4.78, 5) is 14.5. The van der Waals surface area contributed by atoms with Gasteiger partial charge in [0.25, 0.3) is 5.69 Å². The Bertz CT molecular complexity index is 1090. The van der Waals surface area contributed by atoms with E-state index in [9.17, 15) is 18.5 Å². The maximum absolute atomic E-state index is 12.6. The summed E-state index contributed by atoms with van der Waals surface area (Å²) in [6, 6.07) is 14.3. The van der Waals surface area contributed by atoms with Crippen molar-refractivity contribution in [1.29, 1.82) is 0 Å². The monoisotopic (exact) mass is 386 g/mol. The molecule has 0 radical (unpaired) electrons. The van der Waals surface area contributed by atoms with Crippen molar-refractivity contribution in [3.05, 3.63) is 70.6 Å². The van der Waals surface area contributed by atoms with Crippen molar-refractivity contribution in [2.45, 2.75) is 10.8 Å². The predicted octanol–water partition coefficient (Wildman–Crippen LogP) is 2.43. The third kappa shape index (κ3) is 3.20. The average molecular weight is 386 g/mol. The van der Waals surface area contributed by atoms with Crippen LogP contribution in [0.15, 0.2) is 64.0 Å². The van der Waals surface area contributed by atoms with Gasteiger partial charge in [-0.25, -0.2) is 8.42 Å². The van der Waals surface area contributed by atoms with Crippen molar-refractivity contribution in [1.82, 2.24) is 14.4 Å². The Hall–Kier alpha value is -3.11. The molecule has 1 aromatic heterocycles. The van der Waals surface area contributed by atoms with Crippen LogP contribution in [0.5, 0.6) is 0 Å². The molecule has 0 atom stereocenters. The highest BCUT2D eigenvalue weighted by Crippen LogP contribution is 2.32. The number of aromatic nitrogens is 2. The number of hydrogen-bond acceptors (Lipinski definition) is 7. The van der Waals surface area contributed by atoms with Crippen molar-refractivity contribution >= 4 is 15.7 Å². The Kier molecular flexibility index (Phi) is 4.21. The van der Waals surface area contributed by atoms with Crippen LogP contribution in [0.2, 0.25) is 0 Å². The maximum atomic E-state index is 12.6. The van der Waals surface area contributed by atoms with E-state index in [1.165, 1.54) is 22.5 Å². The molecule has 0 spiro atoms. The lowest BCUT2D eigenvalue weighted by Crippen LogP contribution is -2.48. The second-order valence-electron chi connectivity index (χ2n) is 6.10. The molecule has 1 saturated heterocycles. The van der Waals surface area contributed by atoms with E-state index in [-0.39, 0.29) is 29.6 Å². The summed E-state index contributed by atoms with van der Waals surface area (Å²) >= 11 is 0. The molecule has 4 rings (SSSR count). The van der Waals surface area contributed by atoms with Crippen molar-refractivity contribution in [2.24, 2.45) is 0 Å². The number of rotatable bonds is 5. The summed E-state index contributed by atoms with van der Waals surface area (Å²) in [7, 11) is -3.81. The summed E-state index contributed by atoms with van der Waals surface area (Å²) in [5.74, 6) is 0.619. The van der Waals surface area contributed by atoms with Crippen molar-refractivity contribution < 1.29 is 17.9 Å². The molecule has 27 heavy (non-hydrogen) atoms. The molecular formula is C17H14N4O5S. The molecule has 10 heteroatoms. The first-order valence-corrected chi connectivity index (χ1v) is 9.53. The Labute approximate surface area is 154 Å². The number of non-ortho nitro benzene ring substituents is 1. The second kappa shape index (κ2) is 6.56. The van der Waals surface area contributed by atoms with Gasteiger partial charge >= 0.3 is 0 Å². The number of nitro benzene ring substituents is 1. The molecule has 0 saturated carbocycles. The molecule has 3 aromatic rings. The fourth-order valence-electron chi connectivity index (χ4n) is 2.80. The number of nitro groups is 1. The highest BCUT2D eigenvalue weighted by Gasteiger charge is 2.40. The van der Waals surface area contributed by atoms with Crippen molar-refractivity contribution in [3.63, 3.8) is 0 Å². The minimum absolute atomic E-state index is 0.106. The molecule has 0 N–H and O–H groups in total. The molecule has 2 heterocycles. The van der Waals surface area contributed by atoms with E-state index in [1.54, 1.807) is 0 Å². The van der Waals surface area contributed by atoms with Gasteiger partial charge in [-0.1, -0.05) is 41.6 Å². The Balaban J connectivity index is 1.48. The van der Waals surface area contributed by atoms with Gasteiger partial charge in [0.05, 0.1) is 15.7 Å². The lowest BCUT2D eigenvalue weighted by Gasteiger charge is -2.35. The van der Waals surface area contributed by atoms with E-state index >= 15 is 0 Å². The van der Waals surface area contributed by atoms with Crippen LogP contribution in [0.3, 0.4) is 0 Å². The molecule has 9 nitrogen and oxygen atoms in total. The van der Waals surface area contributed by atoms with Gasteiger partial charge in [-0.3, -0.25) is 10.1 Å². The van der Waals surface area contributed by atoms with Gasteiger partial charge in [-0.2, -0.15) is 9.29 Å². The Morgan fingerprint density at radius 2 is 1.85 bits per heavy atom. The standard InChI is InChI=1S/C17H14N4O5S/c22-21(23)14-7-4-8-15(9-14)27(24,25)20-10-13(11-20)17-18-16(19-26-17)12-5-2-1-3-6-12/h1-9,13H,10-11H2. The van der Waals surface area contributed by atoms with E-state index in [0.29, 0.717) is 11.7 Å². The van der Waals surface area contributed by atoms with Gasteiger partial charge in [0.2, 0.25) is 21.7 Å². The zero-order valence-electron chi connectivity index (χ0n) is 13.9. The zero-order valence-corrected chi connectivity index (χ0v) is 14.7. The van der Waals surface area contributed by atoms with Crippen LogP contribution >= 0.6 is 0 Å². The third-order valence-corrected chi connectivity index (χ3v) is 6.16. The molecular weight excluding hydrogens is 372 g/mol. The zero-order chi connectivity index (χ0) is 19.0. The molecule has 1 fully saturated rings. The minimum atomic E-state index is -3.81. The van der Waals surface area contributed by atoms with E-state index in [4.69, 9.17) is 4.52 Å². The second-order valence-corrected chi connectivity index (χ2v) is 8.03. The van der Waals surface area contributed by atoms with Crippen LogP contribution < -0.4 is 0 Å². The first-order valence-electron chi connectivity index (χ1n) is 8.09. The predicted molar refractivity (Wildman–Crippen MR) is 94.3 cm³/mol. The Morgan fingerprint density at radius 3 is 2.56 bits per heavy atom. The Morgan fingerprint density at radius 1 is 1.11 bits per heavy atom. The van der Waals surface area contributed by atoms with Gasteiger partial charge in [-0.15, -0.1) is 0 Å². The van der Waals surface area contributed by atoms with Gasteiger partial charge in [-0.05, 0) is 6.07 Å². The van der Waals surface area contributed by atoms with Gasteiger partial charge < -0.3 is 4.52 Å². The molecule has 0 bridgehead atoms. The van der Waals surface area contributed by atoms with Crippen LogP contribution in [0, 0.1) is 10.1 Å².